The highest BCUT2D eigenvalue weighted by Gasteiger charge is 1.92. The van der Waals surface area contributed by atoms with Crippen LogP contribution in [0.2, 0.25) is 0 Å². The molecule has 0 aromatic heterocycles. The number of nitrogens with two attached hydrogens (primary N) is 1. The fourth-order valence-corrected chi connectivity index (χ4v) is 1.20. The first kappa shape index (κ1) is 17.8. The normalized spacial score (nSPS) is 9.81. The lowest BCUT2D eigenvalue weighted by Gasteiger charge is -2.01. The van der Waals surface area contributed by atoms with Gasteiger partial charge in [0.1, 0.15) is 0 Å². The van der Waals surface area contributed by atoms with E-state index in [1.165, 1.54) is 25.7 Å². The maximum Gasteiger partial charge on any atom is 0.303 e. The van der Waals surface area contributed by atoms with Crippen LogP contribution in [0.25, 0.3) is 0 Å². The lowest BCUT2D eigenvalue weighted by atomic mass is 10.1. The van der Waals surface area contributed by atoms with Crippen molar-refractivity contribution in [3.05, 3.63) is 0 Å². The molecule has 0 unspecified atom stereocenters. The Morgan fingerprint density at radius 3 is 2.12 bits per heavy atom. The average Bonchev–Trinajstić information content (AvgIpc) is 2.22. The zero-order chi connectivity index (χ0) is 12.8. The molecule has 0 aromatic carbocycles. The number of aliphatic carboxylic acids is 1. The Kier molecular flexibility index (Phi) is 16.1. The van der Waals surface area contributed by atoms with Crippen molar-refractivity contribution in [3.63, 3.8) is 0 Å². The molecule has 0 bridgehead atoms. The number of unbranched alkanes of at least 4 members (excludes halogenated alkanes) is 3. The van der Waals surface area contributed by atoms with Gasteiger partial charge in [-0.2, -0.15) is 0 Å². The van der Waals surface area contributed by atoms with Gasteiger partial charge in [0.15, 0.2) is 0 Å². The van der Waals surface area contributed by atoms with E-state index >= 15 is 0 Å². The van der Waals surface area contributed by atoms with Crippen LogP contribution in [-0.4, -0.2) is 17.6 Å². The van der Waals surface area contributed by atoms with Gasteiger partial charge in [-0.05, 0) is 25.3 Å². The summed E-state index contributed by atoms with van der Waals surface area (Å²) in [7, 11) is 0. The first-order chi connectivity index (χ1) is 7.54. The summed E-state index contributed by atoms with van der Waals surface area (Å²) >= 11 is 0. The largest absolute Gasteiger partial charge is 0.481 e. The maximum absolute atomic E-state index is 9.76. The van der Waals surface area contributed by atoms with Gasteiger partial charge in [-0.25, -0.2) is 0 Å². The van der Waals surface area contributed by atoms with E-state index in [0.717, 1.165) is 25.3 Å². The van der Waals surface area contributed by atoms with Gasteiger partial charge in [-0.1, -0.05) is 46.5 Å². The zero-order valence-electron chi connectivity index (χ0n) is 11.2. The SMILES string of the molecule is CC(C)CCCCCN.CCCCC(=O)O. The number of carbonyl (C=O) groups is 1. The molecule has 0 aliphatic rings. The molecule has 98 valence electrons. The Labute approximate surface area is 100 Å². The third kappa shape index (κ3) is 23.3. The van der Waals surface area contributed by atoms with E-state index in [-0.39, 0.29) is 0 Å². The second-order valence-electron chi connectivity index (χ2n) is 4.53. The van der Waals surface area contributed by atoms with Crippen LogP contribution in [0.5, 0.6) is 0 Å². The minimum Gasteiger partial charge on any atom is -0.481 e. The summed E-state index contributed by atoms with van der Waals surface area (Å²) in [5.74, 6) is 0.171. The molecule has 16 heavy (non-hydrogen) atoms. The standard InChI is InChI=1S/C8H19N.C5H10O2/c1-8(2)6-4-3-5-7-9;1-2-3-4-5(6)7/h8H,3-7,9H2,1-2H3;2-4H2,1H3,(H,6,7). The van der Waals surface area contributed by atoms with Gasteiger partial charge in [0, 0.05) is 6.42 Å². The summed E-state index contributed by atoms with van der Waals surface area (Å²) in [6, 6.07) is 0. The highest BCUT2D eigenvalue weighted by Crippen LogP contribution is 2.06. The Balaban J connectivity index is 0. The molecule has 0 saturated heterocycles. The van der Waals surface area contributed by atoms with Crippen LogP contribution >= 0.6 is 0 Å². The van der Waals surface area contributed by atoms with Gasteiger partial charge in [0.25, 0.3) is 0 Å². The van der Waals surface area contributed by atoms with Crippen molar-refractivity contribution in [1.29, 1.82) is 0 Å². The molecule has 0 heterocycles. The van der Waals surface area contributed by atoms with E-state index in [2.05, 4.69) is 13.8 Å². The highest BCUT2D eigenvalue weighted by molar-refractivity contribution is 5.66. The number of hydrogen-bond donors (Lipinski definition) is 2. The molecule has 0 aliphatic carbocycles. The van der Waals surface area contributed by atoms with Crippen molar-refractivity contribution in [1.82, 2.24) is 0 Å². The van der Waals surface area contributed by atoms with Crippen LogP contribution in [0.4, 0.5) is 0 Å². The summed E-state index contributed by atoms with van der Waals surface area (Å²) < 4.78 is 0. The molecule has 0 aliphatic heterocycles. The molecule has 3 heteroatoms. The Morgan fingerprint density at radius 1 is 1.19 bits per heavy atom. The molecule has 0 aromatic rings. The fourth-order valence-electron chi connectivity index (χ4n) is 1.20. The number of carboxylic acids is 1. The van der Waals surface area contributed by atoms with Crippen LogP contribution in [-0.2, 0) is 4.79 Å². The molecule has 0 radical (unpaired) electrons. The Hall–Kier alpha value is -0.570. The fraction of sp³-hybridized carbons (Fsp3) is 0.923. The predicted octanol–water partition coefficient (Wildman–Crippen LogP) is 3.42. The van der Waals surface area contributed by atoms with Crippen molar-refractivity contribution >= 4 is 5.97 Å². The molecular formula is C13H29NO2. The van der Waals surface area contributed by atoms with Crippen molar-refractivity contribution in [2.75, 3.05) is 6.54 Å². The van der Waals surface area contributed by atoms with E-state index in [0.29, 0.717) is 6.42 Å². The van der Waals surface area contributed by atoms with Crippen LogP contribution in [0.3, 0.4) is 0 Å². The molecule has 0 atom stereocenters. The highest BCUT2D eigenvalue weighted by atomic mass is 16.4. The van der Waals surface area contributed by atoms with E-state index < -0.39 is 5.97 Å². The summed E-state index contributed by atoms with van der Waals surface area (Å²) in [5, 5.41) is 8.04. The molecular weight excluding hydrogens is 202 g/mol. The topological polar surface area (TPSA) is 63.3 Å². The van der Waals surface area contributed by atoms with Crippen LogP contribution in [0, 0.1) is 5.92 Å². The van der Waals surface area contributed by atoms with E-state index in [4.69, 9.17) is 10.8 Å². The Bertz CT molecular complexity index is 147. The van der Waals surface area contributed by atoms with Crippen molar-refractivity contribution < 1.29 is 9.90 Å². The van der Waals surface area contributed by atoms with Gasteiger partial charge in [0.2, 0.25) is 0 Å². The van der Waals surface area contributed by atoms with Gasteiger partial charge in [-0.3, -0.25) is 4.79 Å². The summed E-state index contributed by atoms with van der Waals surface area (Å²) in [6.45, 7) is 7.37. The number of rotatable bonds is 8. The lowest BCUT2D eigenvalue weighted by molar-refractivity contribution is -0.137. The van der Waals surface area contributed by atoms with E-state index in [1.807, 2.05) is 6.92 Å². The van der Waals surface area contributed by atoms with E-state index in [9.17, 15) is 4.79 Å². The van der Waals surface area contributed by atoms with Gasteiger partial charge in [-0.15, -0.1) is 0 Å². The van der Waals surface area contributed by atoms with Crippen molar-refractivity contribution in [2.45, 2.75) is 65.7 Å². The van der Waals surface area contributed by atoms with Crippen molar-refractivity contribution in [3.8, 4) is 0 Å². The maximum atomic E-state index is 9.76. The molecule has 0 spiro atoms. The number of carboxylic acid groups (broad SMARTS) is 1. The first-order valence-corrected chi connectivity index (χ1v) is 6.46. The van der Waals surface area contributed by atoms with Crippen LogP contribution < -0.4 is 5.73 Å². The monoisotopic (exact) mass is 231 g/mol. The molecule has 3 nitrogen and oxygen atoms in total. The average molecular weight is 231 g/mol. The third-order valence-corrected chi connectivity index (χ3v) is 2.23. The van der Waals surface area contributed by atoms with Gasteiger partial charge in [0.05, 0.1) is 0 Å². The molecule has 3 N–H and O–H groups in total. The number of hydrogen-bond acceptors (Lipinski definition) is 2. The molecule has 0 saturated carbocycles. The second-order valence-corrected chi connectivity index (χ2v) is 4.53. The first-order valence-electron chi connectivity index (χ1n) is 6.46. The molecule has 0 rings (SSSR count). The quantitative estimate of drug-likeness (QED) is 0.629. The van der Waals surface area contributed by atoms with Crippen LogP contribution in [0.15, 0.2) is 0 Å². The summed E-state index contributed by atoms with van der Waals surface area (Å²) in [6.07, 6.45) is 7.31. The lowest BCUT2D eigenvalue weighted by Crippen LogP contribution is -1.98. The Morgan fingerprint density at radius 2 is 1.81 bits per heavy atom. The smallest absolute Gasteiger partial charge is 0.303 e. The minimum absolute atomic E-state index is 0.316. The predicted molar refractivity (Wildman–Crippen MR) is 69.5 cm³/mol. The minimum atomic E-state index is -0.693. The molecule has 0 amide bonds. The van der Waals surface area contributed by atoms with Crippen LogP contribution in [0.1, 0.15) is 65.7 Å². The van der Waals surface area contributed by atoms with Gasteiger partial charge < -0.3 is 10.8 Å². The summed E-state index contributed by atoms with van der Waals surface area (Å²) in [4.78, 5) is 9.76. The van der Waals surface area contributed by atoms with E-state index in [1.54, 1.807) is 0 Å². The zero-order valence-corrected chi connectivity index (χ0v) is 11.2. The molecule has 0 fully saturated rings. The van der Waals surface area contributed by atoms with Gasteiger partial charge >= 0.3 is 5.97 Å². The second kappa shape index (κ2) is 14.4. The summed E-state index contributed by atoms with van der Waals surface area (Å²) in [5.41, 5.74) is 5.35. The van der Waals surface area contributed by atoms with Crippen molar-refractivity contribution in [2.24, 2.45) is 11.7 Å². The third-order valence-electron chi connectivity index (χ3n) is 2.23.